The lowest BCUT2D eigenvalue weighted by Gasteiger charge is -2.09. The second kappa shape index (κ2) is 7.63. The van der Waals surface area contributed by atoms with Gasteiger partial charge in [0, 0.05) is 26.3 Å². The van der Waals surface area contributed by atoms with Crippen LogP contribution >= 0.6 is 0 Å². The van der Waals surface area contributed by atoms with Crippen LogP contribution in [0, 0.1) is 0 Å². The standard InChI is InChI=1S/C12H17NO6/c1-8(14)13-5-7-18-6-4-11(17)19-12-9(15)2-3-10(12)16/h12H,2-7H2,1H3,(H,13,14). The topological polar surface area (TPSA) is 98.8 Å². The Balaban J connectivity index is 2.10. The van der Waals surface area contributed by atoms with Gasteiger partial charge in [0.05, 0.1) is 19.6 Å². The van der Waals surface area contributed by atoms with Gasteiger partial charge in [0.1, 0.15) is 0 Å². The minimum Gasteiger partial charge on any atom is -0.446 e. The molecule has 0 saturated heterocycles. The second-order valence-electron chi connectivity index (χ2n) is 4.15. The van der Waals surface area contributed by atoms with Gasteiger partial charge in [-0.25, -0.2) is 0 Å². The lowest BCUT2D eigenvalue weighted by Crippen LogP contribution is -2.29. The van der Waals surface area contributed by atoms with Crippen LogP contribution in [-0.2, 0) is 28.7 Å². The monoisotopic (exact) mass is 271 g/mol. The molecule has 0 unspecified atom stereocenters. The summed E-state index contributed by atoms with van der Waals surface area (Å²) in [6, 6.07) is 0. The Labute approximate surface area is 110 Å². The number of carbonyl (C=O) groups excluding carboxylic acids is 4. The Bertz CT molecular complexity index is 362. The van der Waals surface area contributed by atoms with Crippen molar-refractivity contribution in [2.24, 2.45) is 0 Å². The highest BCUT2D eigenvalue weighted by Gasteiger charge is 2.35. The van der Waals surface area contributed by atoms with Crippen molar-refractivity contribution in [3.05, 3.63) is 0 Å². The van der Waals surface area contributed by atoms with Gasteiger partial charge in [-0.05, 0) is 0 Å². The first-order chi connectivity index (χ1) is 9.00. The average molecular weight is 271 g/mol. The molecule has 0 bridgehead atoms. The Hall–Kier alpha value is -1.76. The van der Waals surface area contributed by atoms with Crippen LogP contribution in [0.1, 0.15) is 26.2 Å². The largest absolute Gasteiger partial charge is 0.446 e. The number of Topliss-reactive ketones (excluding diaryl/α,β-unsaturated/α-hetero) is 2. The van der Waals surface area contributed by atoms with Crippen molar-refractivity contribution in [1.82, 2.24) is 5.32 Å². The number of ether oxygens (including phenoxy) is 2. The summed E-state index contributed by atoms with van der Waals surface area (Å²) in [6.07, 6.45) is -0.961. The van der Waals surface area contributed by atoms with Gasteiger partial charge < -0.3 is 14.8 Å². The van der Waals surface area contributed by atoms with E-state index in [1.54, 1.807) is 0 Å². The number of hydrogen-bond donors (Lipinski definition) is 1. The third-order valence-corrected chi connectivity index (χ3v) is 2.52. The quantitative estimate of drug-likeness (QED) is 0.376. The van der Waals surface area contributed by atoms with E-state index in [1.807, 2.05) is 0 Å². The van der Waals surface area contributed by atoms with E-state index in [0.717, 1.165) is 0 Å². The van der Waals surface area contributed by atoms with Crippen LogP contribution in [0.5, 0.6) is 0 Å². The minimum atomic E-state index is -1.22. The van der Waals surface area contributed by atoms with Gasteiger partial charge in [-0.3, -0.25) is 19.2 Å². The maximum atomic E-state index is 11.4. The molecule has 1 fully saturated rings. The van der Waals surface area contributed by atoms with Crippen molar-refractivity contribution in [1.29, 1.82) is 0 Å². The lowest BCUT2D eigenvalue weighted by molar-refractivity contribution is -0.158. The number of hydrogen-bond acceptors (Lipinski definition) is 6. The fourth-order valence-corrected chi connectivity index (χ4v) is 1.57. The first kappa shape index (κ1) is 15.3. The molecule has 1 aliphatic carbocycles. The van der Waals surface area contributed by atoms with Crippen LogP contribution in [-0.4, -0.2) is 49.3 Å². The van der Waals surface area contributed by atoms with E-state index in [9.17, 15) is 19.2 Å². The number of ketones is 2. The number of esters is 1. The highest BCUT2D eigenvalue weighted by atomic mass is 16.6. The molecular weight excluding hydrogens is 254 g/mol. The molecule has 7 nitrogen and oxygen atoms in total. The van der Waals surface area contributed by atoms with Crippen molar-refractivity contribution in [3.63, 3.8) is 0 Å². The Morgan fingerprint density at radius 2 is 1.84 bits per heavy atom. The molecule has 1 aliphatic rings. The second-order valence-corrected chi connectivity index (χ2v) is 4.15. The third-order valence-electron chi connectivity index (χ3n) is 2.52. The minimum absolute atomic E-state index is 0.0306. The number of nitrogens with one attached hydrogen (secondary N) is 1. The highest BCUT2D eigenvalue weighted by molar-refractivity contribution is 6.12. The van der Waals surface area contributed by atoms with Crippen LogP contribution in [0.15, 0.2) is 0 Å². The van der Waals surface area contributed by atoms with Crippen molar-refractivity contribution < 1.29 is 28.7 Å². The normalized spacial score (nSPS) is 15.6. The van der Waals surface area contributed by atoms with Crippen molar-refractivity contribution in [2.45, 2.75) is 32.3 Å². The fraction of sp³-hybridized carbons (Fsp3) is 0.667. The van der Waals surface area contributed by atoms with Crippen LogP contribution in [0.4, 0.5) is 0 Å². The molecule has 1 N–H and O–H groups in total. The average Bonchev–Trinajstić information content (AvgIpc) is 2.65. The lowest BCUT2D eigenvalue weighted by atomic mass is 10.3. The molecule has 106 valence electrons. The smallest absolute Gasteiger partial charge is 0.309 e. The zero-order valence-electron chi connectivity index (χ0n) is 10.8. The zero-order chi connectivity index (χ0) is 14.3. The predicted octanol–water partition coefficient (Wildman–Crippen LogP) is -0.627. The molecule has 0 aromatic rings. The molecule has 0 aliphatic heterocycles. The molecule has 19 heavy (non-hydrogen) atoms. The zero-order valence-corrected chi connectivity index (χ0v) is 10.8. The van der Waals surface area contributed by atoms with E-state index < -0.39 is 12.1 Å². The van der Waals surface area contributed by atoms with Crippen LogP contribution < -0.4 is 5.32 Å². The summed E-state index contributed by atoms with van der Waals surface area (Å²) in [4.78, 5) is 44.3. The van der Waals surface area contributed by atoms with Crippen LogP contribution in [0.25, 0.3) is 0 Å². The van der Waals surface area contributed by atoms with E-state index in [2.05, 4.69) is 5.32 Å². The predicted molar refractivity (Wildman–Crippen MR) is 63.2 cm³/mol. The molecule has 0 aromatic heterocycles. The van der Waals surface area contributed by atoms with Gasteiger partial charge in [0.2, 0.25) is 12.0 Å². The van der Waals surface area contributed by atoms with Crippen LogP contribution in [0.3, 0.4) is 0 Å². The molecule has 1 amide bonds. The van der Waals surface area contributed by atoms with E-state index in [1.165, 1.54) is 6.92 Å². The first-order valence-corrected chi connectivity index (χ1v) is 6.08. The SMILES string of the molecule is CC(=O)NCCOCCC(=O)OC1C(=O)CCC1=O. The summed E-state index contributed by atoms with van der Waals surface area (Å²) in [5, 5.41) is 2.53. The molecule has 0 atom stereocenters. The van der Waals surface area contributed by atoms with Gasteiger partial charge >= 0.3 is 5.97 Å². The van der Waals surface area contributed by atoms with Gasteiger partial charge in [-0.2, -0.15) is 0 Å². The fourth-order valence-electron chi connectivity index (χ4n) is 1.57. The maximum Gasteiger partial charge on any atom is 0.309 e. The van der Waals surface area contributed by atoms with Gasteiger partial charge in [0.15, 0.2) is 11.6 Å². The van der Waals surface area contributed by atoms with E-state index in [-0.39, 0.29) is 49.9 Å². The van der Waals surface area contributed by atoms with Crippen molar-refractivity contribution >= 4 is 23.4 Å². The van der Waals surface area contributed by atoms with Crippen LogP contribution in [0.2, 0.25) is 0 Å². The molecular formula is C12H17NO6. The van der Waals surface area contributed by atoms with Gasteiger partial charge in [0.25, 0.3) is 0 Å². The summed E-state index contributed by atoms with van der Waals surface area (Å²) in [5.74, 6) is -1.47. The Kier molecular flexibility index (Phi) is 6.14. The molecule has 1 saturated carbocycles. The Morgan fingerprint density at radius 1 is 1.21 bits per heavy atom. The molecule has 0 spiro atoms. The van der Waals surface area contributed by atoms with E-state index in [0.29, 0.717) is 6.54 Å². The summed E-state index contributed by atoms with van der Waals surface area (Å²) in [5.41, 5.74) is 0. The molecule has 1 rings (SSSR count). The van der Waals surface area contributed by atoms with E-state index in [4.69, 9.17) is 9.47 Å². The number of rotatable bonds is 7. The molecule has 0 radical (unpaired) electrons. The van der Waals surface area contributed by atoms with Crippen molar-refractivity contribution in [2.75, 3.05) is 19.8 Å². The molecule has 0 aromatic carbocycles. The summed E-state index contributed by atoms with van der Waals surface area (Å²) < 4.78 is 9.88. The summed E-state index contributed by atoms with van der Waals surface area (Å²) in [6.45, 7) is 2.17. The van der Waals surface area contributed by atoms with Crippen molar-refractivity contribution in [3.8, 4) is 0 Å². The maximum absolute atomic E-state index is 11.4. The van der Waals surface area contributed by atoms with Gasteiger partial charge in [-0.1, -0.05) is 0 Å². The molecule has 0 heterocycles. The first-order valence-electron chi connectivity index (χ1n) is 6.08. The number of amides is 1. The Morgan fingerprint density at radius 3 is 2.42 bits per heavy atom. The summed E-state index contributed by atoms with van der Waals surface area (Å²) in [7, 11) is 0. The highest BCUT2D eigenvalue weighted by Crippen LogP contribution is 2.14. The summed E-state index contributed by atoms with van der Waals surface area (Å²) >= 11 is 0. The van der Waals surface area contributed by atoms with E-state index >= 15 is 0 Å². The van der Waals surface area contributed by atoms with Gasteiger partial charge in [-0.15, -0.1) is 0 Å². The third kappa shape index (κ3) is 5.60. The molecule has 7 heteroatoms. The number of carbonyl (C=O) groups is 4.